The van der Waals surface area contributed by atoms with Crippen LogP contribution in [-0.2, 0) is 17.8 Å². The third-order valence-corrected chi connectivity index (χ3v) is 4.87. The van der Waals surface area contributed by atoms with Gasteiger partial charge < -0.3 is 10.1 Å². The maximum Gasteiger partial charge on any atom is 0.251 e. The Balaban J connectivity index is 1.38. The summed E-state index contributed by atoms with van der Waals surface area (Å²) in [6.45, 7) is 4.83. The van der Waals surface area contributed by atoms with E-state index in [2.05, 4.69) is 32.4 Å². The highest BCUT2D eigenvalue weighted by molar-refractivity contribution is 5.94. The number of amides is 1. The van der Waals surface area contributed by atoms with E-state index in [1.54, 1.807) is 23.1 Å². The Hall–Kier alpha value is -3.03. The van der Waals surface area contributed by atoms with Gasteiger partial charge in [0.2, 0.25) is 0 Å². The van der Waals surface area contributed by atoms with Crippen LogP contribution in [0.4, 0.5) is 0 Å². The van der Waals surface area contributed by atoms with Crippen LogP contribution in [0.15, 0.2) is 61.2 Å². The number of hydrogen-bond acceptors (Lipinski definition) is 5. The molecule has 1 aliphatic rings. The van der Waals surface area contributed by atoms with E-state index in [1.807, 2.05) is 24.3 Å². The summed E-state index contributed by atoms with van der Waals surface area (Å²) in [6.07, 6.45) is 3.11. The second kappa shape index (κ2) is 8.77. The molecule has 1 saturated heterocycles. The lowest BCUT2D eigenvalue weighted by Crippen LogP contribution is -2.36. The standard InChI is InChI=1S/C21H23N5O2/c27-21(17-5-7-20(8-6-17)26-16-22-15-24-26)23-13-18-3-1-2-4-19(18)14-25-9-11-28-12-10-25/h1-8,15-16H,9-14H2,(H,23,27). The third-order valence-electron chi connectivity index (χ3n) is 4.87. The first-order valence-electron chi connectivity index (χ1n) is 9.40. The maximum absolute atomic E-state index is 12.5. The summed E-state index contributed by atoms with van der Waals surface area (Å²) in [6, 6.07) is 15.6. The van der Waals surface area contributed by atoms with Gasteiger partial charge in [0.25, 0.3) is 5.91 Å². The summed E-state index contributed by atoms with van der Waals surface area (Å²) in [7, 11) is 0. The number of morpholine rings is 1. The van der Waals surface area contributed by atoms with E-state index in [9.17, 15) is 4.79 Å². The average Bonchev–Trinajstić information content (AvgIpc) is 3.29. The van der Waals surface area contributed by atoms with Crippen LogP contribution < -0.4 is 5.32 Å². The van der Waals surface area contributed by atoms with Crippen LogP contribution in [0.2, 0.25) is 0 Å². The van der Waals surface area contributed by atoms with Crippen LogP contribution in [0.1, 0.15) is 21.5 Å². The average molecular weight is 377 g/mol. The van der Waals surface area contributed by atoms with Gasteiger partial charge in [-0.1, -0.05) is 24.3 Å². The van der Waals surface area contributed by atoms with Crippen molar-refractivity contribution in [1.29, 1.82) is 0 Å². The fraction of sp³-hybridized carbons (Fsp3) is 0.286. The molecular formula is C21H23N5O2. The minimum Gasteiger partial charge on any atom is -0.379 e. The topological polar surface area (TPSA) is 72.3 Å². The zero-order valence-corrected chi connectivity index (χ0v) is 15.6. The van der Waals surface area contributed by atoms with E-state index < -0.39 is 0 Å². The van der Waals surface area contributed by atoms with Gasteiger partial charge in [-0.25, -0.2) is 9.67 Å². The van der Waals surface area contributed by atoms with Crippen molar-refractivity contribution in [3.63, 3.8) is 0 Å². The van der Waals surface area contributed by atoms with Crippen LogP contribution in [0.3, 0.4) is 0 Å². The smallest absolute Gasteiger partial charge is 0.251 e. The molecule has 1 N–H and O–H groups in total. The van der Waals surface area contributed by atoms with Gasteiger partial charge in [0.05, 0.1) is 18.9 Å². The second-order valence-corrected chi connectivity index (χ2v) is 6.73. The van der Waals surface area contributed by atoms with Crippen molar-refractivity contribution < 1.29 is 9.53 Å². The molecule has 0 aliphatic carbocycles. The molecular weight excluding hydrogens is 354 g/mol. The molecule has 28 heavy (non-hydrogen) atoms. The van der Waals surface area contributed by atoms with Crippen LogP contribution in [0, 0.1) is 0 Å². The summed E-state index contributed by atoms with van der Waals surface area (Å²) in [5.41, 5.74) is 3.87. The molecule has 1 amide bonds. The molecule has 7 nitrogen and oxygen atoms in total. The zero-order valence-electron chi connectivity index (χ0n) is 15.6. The van der Waals surface area contributed by atoms with E-state index in [4.69, 9.17) is 4.74 Å². The predicted molar refractivity (Wildman–Crippen MR) is 105 cm³/mol. The Morgan fingerprint density at radius 2 is 1.79 bits per heavy atom. The van der Waals surface area contributed by atoms with Gasteiger partial charge in [0, 0.05) is 31.7 Å². The van der Waals surface area contributed by atoms with Crippen molar-refractivity contribution in [3.8, 4) is 5.69 Å². The maximum atomic E-state index is 12.5. The van der Waals surface area contributed by atoms with Gasteiger partial charge in [-0.3, -0.25) is 9.69 Å². The first kappa shape index (κ1) is 18.3. The molecule has 0 saturated carbocycles. The third kappa shape index (κ3) is 4.44. The summed E-state index contributed by atoms with van der Waals surface area (Å²) in [5, 5.41) is 7.12. The van der Waals surface area contributed by atoms with Crippen LogP contribution in [0.25, 0.3) is 5.69 Å². The Morgan fingerprint density at radius 3 is 2.50 bits per heavy atom. The molecule has 0 unspecified atom stereocenters. The molecule has 3 aromatic rings. The number of carbonyl (C=O) groups excluding carboxylic acids is 1. The predicted octanol–water partition coefficient (Wildman–Crippen LogP) is 2.03. The minimum absolute atomic E-state index is 0.0914. The van der Waals surface area contributed by atoms with E-state index in [0.29, 0.717) is 12.1 Å². The number of hydrogen-bond donors (Lipinski definition) is 1. The fourth-order valence-electron chi connectivity index (χ4n) is 3.27. The lowest BCUT2D eigenvalue weighted by Gasteiger charge is -2.27. The van der Waals surface area contributed by atoms with Crippen LogP contribution in [0.5, 0.6) is 0 Å². The molecule has 4 rings (SSSR count). The summed E-state index contributed by atoms with van der Waals surface area (Å²) >= 11 is 0. The molecule has 1 aromatic heterocycles. The Bertz CT molecular complexity index is 903. The van der Waals surface area contributed by atoms with Gasteiger partial charge in [0.1, 0.15) is 12.7 Å². The molecule has 0 radical (unpaired) electrons. The molecule has 0 atom stereocenters. The van der Waals surface area contributed by atoms with Crippen molar-refractivity contribution in [3.05, 3.63) is 77.9 Å². The van der Waals surface area contributed by atoms with Gasteiger partial charge in [-0.05, 0) is 35.4 Å². The molecule has 1 aliphatic heterocycles. The number of carbonyl (C=O) groups is 1. The van der Waals surface area contributed by atoms with Crippen molar-refractivity contribution in [1.82, 2.24) is 25.0 Å². The first-order chi connectivity index (χ1) is 13.8. The normalized spacial score (nSPS) is 14.7. The number of aromatic nitrogens is 3. The number of ether oxygens (including phenoxy) is 1. The molecule has 144 valence electrons. The highest BCUT2D eigenvalue weighted by Crippen LogP contribution is 2.14. The molecule has 7 heteroatoms. The van der Waals surface area contributed by atoms with E-state index in [1.165, 1.54) is 11.9 Å². The lowest BCUT2D eigenvalue weighted by atomic mass is 10.1. The van der Waals surface area contributed by atoms with Gasteiger partial charge in [-0.15, -0.1) is 0 Å². The van der Waals surface area contributed by atoms with E-state index in [-0.39, 0.29) is 5.91 Å². The lowest BCUT2D eigenvalue weighted by molar-refractivity contribution is 0.0340. The number of nitrogens with zero attached hydrogens (tertiary/aromatic N) is 4. The second-order valence-electron chi connectivity index (χ2n) is 6.73. The summed E-state index contributed by atoms with van der Waals surface area (Å²) in [4.78, 5) is 18.9. The van der Waals surface area contributed by atoms with E-state index in [0.717, 1.165) is 44.1 Å². The highest BCUT2D eigenvalue weighted by Gasteiger charge is 2.13. The molecule has 0 bridgehead atoms. The van der Waals surface area contributed by atoms with Gasteiger partial charge in [0.15, 0.2) is 0 Å². The number of rotatable bonds is 6. The SMILES string of the molecule is O=C(NCc1ccccc1CN1CCOCC1)c1ccc(-n2cncn2)cc1. The monoisotopic (exact) mass is 377 g/mol. The van der Waals surface area contributed by atoms with Crippen molar-refractivity contribution in [2.75, 3.05) is 26.3 Å². The van der Waals surface area contributed by atoms with Crippen molar-refractivity contribution >= 4 is 5.91 Å². The molecule has 2 heterocycles. The Labute approximate surface area is 164 Å². The van der Waals surface area contributed by atoms with Gasteiger partial charge in [-0.2, -0.15) is 5.10 Å². The largest absolute Gasteiger partial charge is 0.379 e. The van der Waals surface area contributed by atoms with Crippen molar-refractivity contribution in [2.45, 2.75) is 13.1 Å². The molecule has 0 spiro atoms. The summed E-state index contributed by atoms with van der Waals surface area (Å²) < 4.78 is 7.08. The summed E-state index contributed by atoms with van der Waals surface area (Å²) in [5.74, 6) is -0.0914. The molecule has 2 aromatic carbocycles. The Kier molecular flexibility index (Phi) is 5.75. The minimum atomic E-state index is -0.0914. The fourth-order valence-corrected chi connectivity index (χ4v) is 3.27. The van der Waals surface area contributed by atoms with Crippen LogP contribution in [-0.4, -0.2) is 51.9 Å². The molecule has 1 fully saturated rings. The Morgan fingerprint density at radius 1 is 1.04 bits per heavy atom. The van der Waals surface area contributed by atoms with Crippen LogP contribution >= 0.6 is 0 Å². The number of benzene rings is 2. The number of nitrogens with one attached hydrogen (secondary N) is 1. The van der Waals surface area contributed by atoms with Gasteiger partial charge >= 0.3 is 0 Å². The quantitative estimate of drug-likeness (QED) is 0.712. The first-order valence-corrected chi connectivity index (χ1v) is 9.40. The van der Waals surface area contributed by atoms with Crippen molar-refractivity contribution in [2.24, 2.45) is 0 Å². The zero-order chi connectivity index (χ0) is 19.2. The highest BCUT2D eigenvalue weighted by atomic mass is 16.5. The van der Waals surface area contributed by atoms with E-state index >= 15 is 0 Å².